The monoisotopic (exact) mass is 432 g/mol. The number of carbonyl (C=O) groups excluding carboxylic acids is 1. The number of rotatable bonds is 17. The van der Waals surface area contributed by atoms with Crippen molar-refractivity contribution in [2.45, 2.75) is 64.3 Å². The van der Waals surface area contributed by atoms with Crippen LogP contribution in [0.15, 0.2) is 36.4 Å². The molecule has 1 aromatic rings. The maximum atomic E-state index is 10.8. The molecule has 4 atom stereocenters. The van der Waals surface area contributed by atoms with E-state index in [9.17, 15) is 14.7 Å². The number of aromatic hydroxyl groups is 1. The summed E-state index contributed by atoms with van der Waals surface area (Å²) in [5.74, 6) is 0.0815. The fourth-order valence-corrected chi connectivity index (χ4v) is 3.87. The quantitative estimate of drug-likeness (QED) is 0.219. The van der Waals surface area contributed by atoms with Crippen molar-refractivity contribution in [2.75, 3.05) is 13.6 Å². The van der Waals surface area contributed by atoms with E-state index in [0.717, 1.165) is 64.2 Å². The van der Waals surface area contributed by atoms with Gasteiger partial charge in [0.2, 0.25) is 0 Å². The number of aliphatic carboxylic acids is 1. The normalized spacial score (nSPS) is 15.5. The first-order valence-electron chi connectivity index (χ1n) is 11.4. The number of hydrogen-bond donors (Lipinski definition) is 4. The summed E-state index contributed by atoms with van der Waals surface area (Å²) in [6, 6.07) is 7.47. The zero-order chi connectivity index (χ0) is 23.1. The van der Waals surface area contributed by atoms with Crippen LogP contribution in [-0.2, 0) is 16.0 Å². The Morgan fingerprint density at radius 1 is 1.10 bits per heavy atom. The number of carboxylic acids is 1. The third-order valence-electron chi connectivity index (χ3n) is 5.80. The fraction of sp³-hybridized carbons (Fsp3) is 0.600. The molecule has 0 aliphatic rings. The lowest BCUT2D eigenvalue weighted by molar-refractivity contribution is -0.131. The number of nitrogens with two attached hydrogens (primary N) is 1. The Kier molecular flexibility index (Phi) is 13.5. The van der Waals surface area contributed by atoms with Gasteiger partial charge in [-0.3, -0.25) is 0 Å². The highest BCUT2D eigenvalue weighted by Gasteiger charge is 2.15. The van der Waals surface area contributed by atoms with Crippen LogP contribution < -0.4 is 11.1 Å². The van der Waals surface area contributed by atoms with Gasteiger partial charge in [0.1, 0.15) is 12.0 Å². The Morgan fingerprint density at radius 3 is 2.39 bits per heavy atom. The average molecular weight is 433 g/mol. The number of benzene rings is 1. The SMILES string of the molecule is CNC[C@H](/C=C/C(=O)O)CCC[C@H](CC[C@H](N)CC[C@@H](C)C=O)Cc1ccc(O)cc1. The average Bonchev–Trinajstić information content (AvgIpc) is 2.75. The number of aldehydes is 1. The highest BCUT2D eigenvalue weighted by atomic mass is 16.4. The van der Waals surface area contributed by atoms with Crippen molar-refractivity contribution < 1.29 is 19.8 Å². The largest absolute Gasteiger partial charge is 0.508 e. The molecule has 6 nitrogen and oxygen atoms in total. The van der Waals surface area contributed by atoms with E-state index in [1.54, 1.807) is 18.2 Å². The molecule has 0 unspecified atom stereocenters. The van der Waals surface area contributed by atoms with E-state index in [1.807, 2.05) is 26.1 Å². The number of phenolic OH excluding ortho intramolecular Hbond substituents is 1. The molecule has 0 heterocycles. The molecular weight excluding hydrogens is 392 g/mol. The lowest BCUT2D eigenvalue weighted by atomic mass is 9.86. The standard InChI is InChI=1S/C25H40N2O4/c1-19(18-28)6-11-23(26)12-7-20(16-21-8-13-24(29)14-9-21)4-3-5-22(17-27-2)10-15-25(30)31/h8-10,13-15,18-20,22-23,27,29H,3-7,11-12,16-17,26H2,1-2H3,(H,30,31)/b15-10+/t19-,20-,22+,23-/m1/s1. The summed E-state index contributed by atoms with van der Waals surface area (Å²) < 4.78 is 0. The van der Waals surface area contributed by atoms with Gasteiger partial charge in [-0.15, -0.1) is 0 Å². The van der Waals surface area contributed by atoms with Crippen molar-refractivity contribution in [2.24, 2.45) is 23.5 Å². The Bertz CT molecular complexity index is 660. The maximum Gasteiger partial charge on any atom is 0.327 e. The van der Waals surface area contributed by atoms with Crippen LogP contribution in [0.4, 0.5) is 0 Å². The smallest absolute Gasteiger partial charge is 0.327 e. The van der Waals surface area contributed by atoms with Gasteiger partial charge in [-0.1, -0.05) is 38.0 Å². The highest BCUT2D eigenvalue weighted by Crippen LogP contribution is 2.24. The van der Waals surface area contributed by atoms with Crippen molar-refractivity contribution in [3.63, 3.8) is 0 Å². The molecule has 0 radical (unpaired) electrons. The predicted molar refractivity (Wildman–Crippen MR) is 125 cm³/mol. The third-order valence-corrected chi connectivity index (χ3v) is 5.80. The van der Waals surface area contributed by atoms with Gasteiger partial charge in [0.05, 0.1) is 0 Å². The van der Waals surface area contributed by atoms with Gasteiger partial charge in [-0.2, -0.15) is 0 Å². The number of nitrogens with one attached hydrogen (secondary N) is 1. The van der Waals surface area contributed by atoms with E-state index in [0.29, 0.717) is 5.92 Å². The van der Waals surface area contributed by atoms with Crippen LogP contribution in [0.5, 0.6) is 5.75 Å². The van der Waals surface area contributed by atoms with Gasteiger partial charge >= 0.3 is 5.97 Å². The summed E-state index contributed by atoms with van der Waals surface area (Å²) in [5.41, 5.74) is 7.50. The highest BCUT2D eigenvalue weighted by molar-refractivity contribution is 5.79. The number of hydrogen-bond acceptors (Lipinski definition) is 5. The van der Waals surface area contributed by atoms with E-state index in [1.165, 1.54) is 11.6 Å². The predicted octanol–water partition coefficient (Wildman–Crippen LogP) is 3.92. The lowest BCUT2D eigenvalue weighted by Gasteiger charge is -2.21. The molecule has 31 heavy (non-hydrogen) atoms. The first kappa shape index (κ1) is 26.9. The number of carbonyl (C=O) groups is 2. The molecule has 0 bridgehead atoms. The van der Waals surface area contributed by atoms with Crippen LogP contribution in [0.1, 0.15) is 57.4 Å². The number of carboxylic acid groups (broad SMARTS) is 1. The Balaban J connectivity index is 2.63. The van der Waals surface area contributed by atoms with Crippen LogP contribution in [0.25, 0.3) is 0 Å². The Labute approximate surface area is 186 Å². The molecule has 0 saturated carbocycles. The van der Waals surface area contributed by atoms with Crippen LogP contribution in [-0.4, -0.2) is 42.1 Å². The summed E-state index contributed by atoms with van der Waals surface area (Å²) in [4.78, 5) is 21.6. The molecule has 0 fully saturated rings. The van der Waals surface area contributed by atoms with Crippen molar-refractivity contribution in [3.05, 3.63) is 42.0 Å². The molecule has 6 heteroatoms. The molecule has 0 aromatic heterocycles. The van der Waals surface area contributed by atoms with Crippen molar-refractivity contribution >= 4 is 12.3 Å². The molecule has 1 rings (SSSR count). The minimum Gasteiger partial charge on any atom is -0.508 e. The second-order valence-electron chi connectivity index (χ2n) is 8.71. The molecule has 0 saturated heterocycles. The van der Waals surface area contributed by atoms with Crippen LogP contribution in [0.3, 0.4) is 0 Å². The molecule has 5 N–H and O–H groups in total. The summed E-state index contributed by atoms with van der Waals surface area (Å²) in [6.45, 7) is 2.68. The molecule has 0 aliphatic heterocycles. The molecule has 0 aliphatic carbocycles. The van der Waals surface area contributed by atoms with Gasteiger partial charge in [-0.25, -0.2) is 4.79 Å². The van der Waals surface area contributed by atoms with E-state index in [2.05, 4.69) is 5.32 Å². The zero-order valence-electron chi connectivity index (χ0n) is 19.0. The van der Waals surface area contributed by atoms with E-state index in [4.69, 9.17) is 10.8 Å². The maximum absolute atomic E-state index is 10.8. The van der Waals surface area contributed by atoms with Gasteiger partial charge in [-0.05, 0) is 75.1 Å². The fourth-order valence-electron chi connectivity index (χ4n) is 3.87. The van der Waals surface area contributed by atoms with Crippen LogP contribution >= 0.6 is 0 Å². The minimum atomic E-state index is -0.913. The van der Waals surface area contributed by atoms with Gasteiger partial charge < -0.3 is 26.1 Å². The summed E-state index contributed by atoms with van der Waals surface area (Å²) in [6.07, 6.45) is 11.5. The third kappa shape index (κ3) is 13.0. The summed E-state index contributed by atoms with van der Waals surface area (Å²) in [7, 11) is 1.88. The zero-order valence-corrected chi connectivity index (χ0v) is 19.0. The second-order valence-corrected chi connectivity index (χ2v) is 8.71. The lowest BCUT2D eigenvalue weighted by Crippen LogP contribution is -2.22. The minimum absolute atomic E-state index is 0.0572. The van der Waals surface area contributed by atoms with Crippen molar-refractivity contribution in [1.29, 1.82) is 0 Å². The summed E-state index contributed by atoms with van der Waals surface area (Å²) >= 11 is 0. The number of phenols is 1. The molecule has 174 valence electrons. The van der Waals surface area contributed by atoms with E-state index in [-0.39, 0.29) is 23.6 Å². The Hall–Kier alpha value is -2.18. The Morgan fingerprint density at radius 2 is 1.77 bits per heavy atom. The molecule has 0 amide bonds. The van der Waals surface area contributed by atoms with Crippen molar-refractivity contribution in [1.82, 2.24) is 5.32 Å². The molecule has 1 aromatic carbocycles. The summed E-state index contributed by atoms with van der Waals surface area (Å²) in [5, 5.41) is 21.6. The van der Waals surface area contributed by atoms with E-state index >= 15 is 0 Å². The topological polar surface area (TPSA) is 113 Å². The van der Waals surface area contributed by atoms with E-state index < -0.39 is 5.97 Å². The van der Waals surface area contributed by atoms with Gasteiger partial charge in [0.15, 0.2) is 0 Å². The van der Waals surface area contributed by atoms with Crippen molar-refractivity contribution in [3.8, 4) is 5.75 Å². The second kappa shape index (κ2) is 15.6. The van der Waals surface area contributed by atoms with Gasteiger partial charge in [0.25, 0.3) is 0 Å². The van der Waals surface area contributed by atoms with Gasteiger partial charge in [0, 0.05) is 24.6 Å². The molecule has 0 spiro atoms. The van der Waals surface area contributed by atoms with Crippen LogP contribution in [0, 0.1) is 17.8 Å². The first-order valence-corrected chi connectivity index (χ1v) is 11.4. The van der Waals surface area contributed by atoms with Crippen LogP contribution in [0.2, 0.25) is 0 Å². The molecular formula is C25H40N2O4. The first-order chi connectivity index (χ1) is 14.8.